The van der Waals surface area contributed by atoms with Crippen LogP contribution in [0, 0.1) is 0 Å². The van der Waals surface area contributed by atoms with Crippen molar-refractivity contribution < 1.29 is 18.7 Å². The lowest BCUT2D eigenvalue weighted by Gasteiger charge is -1.85. The second-order valence-corrected chi connectivity index (χ2v) is 1.69. The monoisotopic (exact) mass is 165 g/mol. The Morgan fingerprint density at radius 3 is 3.00 bits per heavy atom. The Balaban J connectivity index is 2.93. The molecule has 1 aromatic rings. The van der Waals surface area contributed by atoms with Crippen LogP contribution in [0.4, 0.5) is 4.53 Å². The van der Waals surface area contributed by atoms with Crippen LogP contribution in [0.5, 0.6) is 0 Å². The fraction of sp³-hybridized carbons (Fsp3) is 0. The van der Waals surface area contributed by atoms with Crippen molar-refractivity contribution in [2.45, 2.75) is 0 Å². The van der Waals surface area contributed by atoms with Gasteiger partial charge in [0.1, 0.15) is 0 Å². The van der Waals surface area contributed by atoms with Crippen LogP contribution in [-0.2, 0) is 4.94 Å². The van der Waals surface area contributed by atoms with Gasteiger partial charge in [-0.15, -0.1) is 0 Å². The van der Waals surface area contributed by atoms with E-state index in [1.165, 1.54) is 0 Å². The van der Waals surface area contributed by atoms with Crippen molar-refractivity contribution in [1.82, 2.24) is 4.98 Å². The molecule has 0 spiro atoms. The number of hydrogen-bond acceptors (Lipinski definition) is 4. The highest BCUT2D eigenvalue weighted by atomic mass is 35.5. The van der Waals surface area contributed by atoms with E-state index in [2.05, 4.69) is 14.3 Å². The molecule has 0 radical (unpaired) electrons. The minimum Gasteiger partial charge on any atom is -0.435 e. The van der Waals surface area contributed by atoms with Crippen molar-refractivity contribution in [1.29, 1.82) is 0 Å². The minimum absolute atomic E-state index is 0.220. The van der Waals surface area contributed by atoms with Gasteiger partial charge in [0, 0.05) is 4.53 Å². The molecule has 0 bridgehead atoms. The molecule has 0 atom stereocenters. The van der Waals surface area contributed by atoms with E-state index < -0.39 is 11.7 Å². The summed E-state index contributed by atoms with van der Waals surface area (Å²) < 4.78 is 15.5. The van der Waals surface area contributed by atoms with Gasteiger partial charge in [-0.25, -0.2) is 14.7 Å². The predicted molar refractivity (Wildman–Crippen MR) is 28.0 cm³/mol. The van der Waals surface area contributed by atoms with E-state index in [-0.39, 0.29) is 5.15 Å². The summed E-state index contributed by atoms with van der Waals surface area (Å²) in [6, 6.07) is 0. The van der Waals surface area contributed by atoms with E-state index in [9.17, 15) is 9.32 Å². The molecule has 54 valence electrons. The zero-order chi connectivity index (χ0) is 7.56. The molecule has 0 N–H and O–H groups in total. The van der Waals surface area contributed by atoms with Gasteiger partial charge in [0.25, 0.3) is 5.76 Å². The SMILES string of the molecule is O=C(OF)c1ocnc1Cl. The molecule has 0 saturated carbocycles. The normalized spacial score (nSPS) is 9.40. The van der Waals surface area contributed by atoms with Crippen LogP contribution in [0.15, 0.2) is 10.8 Å². The lowest BCUT2D eigenvalue weighted by atomic mass is 10.5. The van der Waals surface area contributed by atoms with Crippen LogP contribution < -0.4 is 0 Å². The molecule has 0 aromatic carbocycles. The molecule has 0 amide bonds. The van der Waals surface area contributed by atoms with Crippen molar-refractivity contribution in [3.63, 3.8) is 0 Å². The van der Waals surface area contributed by atoms with E-state index in [4.69, 9.17) is 11.6 Å². The Bertz CT molecular complexity index is 248. The van der Waals surface area contributed by atoms with Gasteiger partial charge in [0.05, 0.1) is 0 Å². The molecule has 0 aliphatic carbocycles. The minimum atomic E-state index is -1.29. The van der Waals surface area contributed by atoms with Crippen molar-refractivity contribution in [3.8, 4) is 0 Å². The van der Waals surface area contributed by atoms with Crippen molar-refractivity contribution in [2.24, 2.45) is 0 Å². The van der Waals surface area contributed by atoms with Gasteiger partial charge in [-0.1, -0.05) is 11.6 Å². The van der Waals surface area contributed by atoms with E-state index in [0.717, 1.165) is 6.39 Å². The lowest BCUT2D eigenvalue weighted by Crippen LogP contribution is -1.96. The number of oxazole rings is 1. The third kappa shape index (κ3) is 1.08. The Kier molecular flexibility index (Phi) is 1.86. The molecule has 0 fully saturated rings. The maximum absolute atomic E-state index is 11.1. The Labute approximate surface area is 59.5 Å². The molecule has 1 aromatic heterocycles. The van der Waals surface area contributed by atoms with Gasteiger partial charge in [-0.05, 0) is 0 Å². The number of hydrogen-bond donors (Lipinski definition) is 0. The largest absolute Gasteiger partial charge is 0.435 e. The summed E-state index contributed by atoms with van der Waals surface area (Å²) >= 11 is 5.24. The highest BCUT2D eigenvalue weighted by Gasteiger charge is 2.17. The van der Waals surface area contributed by atoms with Crippen LogP contribution in [0.3, 0.4) is 0 Å². The van der Waals surface area contributed by atoms with Crippen molar-refractivity contribution in [3.05, 3.63) is 17.3 Å². The number of rotatable bonds is 1. The first-order chi connectivity index (χ1) is 4.75. The summed E-state index contributed by atoms with van der Waals surface area (Å²) in [4.78, 5) is 16.4. The Hall–Kier alpha value is -1.10. The number of nitrogens with zero attached hydrogens (tertiary/aromatic N) is 1. The van der Waals surface area contributed by atoms with Crippen LogP contribution in [0.1, 0.15) is 10.6 Å². The van der Waals surface area contributed by atoms with Crippen LogP contribution >= 0.6 is 11.6 Å². The second-order valence-electron chi connectivity index (χ2n) is 1.34. The average Bonchev–Trinajstić information content (AvgIpc) is 2.34. The van der Waals surface area contributed by atoms with E-state index in [1.54, 1.807) is 0 Å². The summed E-state index contributed by atoms with van der Waals surface area (Å²) in [5, 5.41) is -0.220. The lowest BCUT2D eigenvalue weighted by molar-refractivity contribution is -0.0811. The first kappa shape index (κ1) is 7.01. The topological polar surface area (TPSA) is 52.3 Å². The summed E-state index contributed by atoms with van der Waals surface area (Å²) in [7, 11) is 0. The van der Waals surface area contributed by atoms with Crippen LogP contribution in [-0.4, -0.2) is 11.0 Å². The molecule has 4 nitrogen and oxygen atoms in total. The molecule has 6 heteroatoms. The number of aromatic nitrogens is 1. The van der Waals surface area contributed by atoms with Gasteiger partial charge in [0.15, 0.2) is 11.5 Å². The summed E-state index contributed by atoms with van der Waals surface area (Å²) in [6.45, 7) is 0. The quantitative estimate of drug-likeness (QED) is 0.631. The number of halogens is 2. The van der Waals surface area contributed by atoms with E-state index in [1.807, 2.05) is 0 Å². The molecular weight excluding hydrogens is 164 g/mol. The molecule has 0 unspecified atom stereocenters. The maximum Gasteiger partial charge on any atom is 0.417 e. The fourth-order valence-electron chi connectivity index (χ4n) is 0.400. The predicted octanol–water partition coefficient (Wildman–Crippen LogP) is 1.37. The molecular formula is C4HClFNO3. The standard InChI is InChI=1S/C4HClFNO3/c5-3-2(4(8)10-6)9-1-7-3/h1H. The fourth-order valence-corrected chi connectivity index (χ4v) is 0.561. The summed E-state index contributed by atoms with van der Waals surface area (Å²) in [6.07, 6.45) is 0.911. The van der Waals surface area contributed by atoms with Crippen LogP contribution in [0.2, 0.25) is 5.15 Å². The zero-order valence-electron chi connectivity index (χ0n) is 4.51. The first-order valence-corrected chi connectivity index (χ1v) is 2.55. The Morgan fingerprint density at radius 2 is 2.60 bits per heavy atom. The maximum atomic E-state index is 11.1. The van der Waals surface area contributed by atoms with E-state index in [0.29, 0.717) is 0 Å². The van der Waals surface area contributed by atoms with Gasteiger partial charge in [-0.2, -0.15) is 0 Å². The molecule has 0 aliphatic heterocycles. The summed E-state index contributed by atoms with van der Waals surface area (Å²) in [5.74, 6) is -1.73. The molecule has 1 heterocycles. The highest BCUT2D eigenvalue weighted by molar-refractivity contribution is 6.31. The molecule has 1 rings (SSSR count). The van der Waals surface area contributed by atoms with Gasteiger partial charge >= 0.3 is 5.97 Å². The highest BCUT2D eigenvalue weighted by Crippen LogP contribution is 2.13. The second kappa shape index (κ2) is 2.66. The third-order valence-electron chi connectivity index (χ3n) is 0.779. The number of carbonyl (C=O) groups is 1. The first-order valence-electron chi connectivity index (χ1n) is 2.17. The van der Waals surface area contributed by atoms with Crippen molar-refractivity contribution in [2.75, 3.05) is 0 Å². The zero-order valence-corrected chi connectivity index (χ0v) is 5.26. The van der Waals surface area contributed by atoms with Crippen LogP contribution in [0.25, 0.3) is 0 Å². The summed E-state index contributed by atoms with van der Waals surface area (Å²) in [5.41, 5.74) is 0. The Morgan fingerprint density at radius 1 is 1.90 bits per heavy atom. The molecule has 0 saturated heterocycles. The van der Waals surface area contributed by atoms with Crippen molar-refractivity contribution >= 4 is 17.6 Å². The smallest absolute Gasteiger partial charge is 0.417 e. The molecule has 10 heavy (non-hydrogen) atoms. The van der Waals surface area contributed by atoms with E-state index >= 15 is 0 Å². The van der Waals surface area contributed by atoms with Gasteiger partial charge in [-0.3, -0.25) is 0 Å². The molecule has 0 aliphatic rings. The number of carbonyl (C=O) groups excluding carboxylic acids is 1. The third-order valence-corrected chi connectivity index (χ3v) is 1.05. The van der Waals surface area contributed by atoms with Gasteiger partial charge in [0.2, 0.25) is 0 Å². The van der Waals surface area contributed by atoms with Gasteiger partial charge < -0.3 is 4.42 Å². The average molecular weight is 166 g/mol.